The molecular formula is C16H28N4O. The number of likely N-dealkylation sites (N-methyl/N-ethyl adjacent to an activating group) is 1. The Morgan fingerprint density at radius 2 is 2.10 bits per heavy atom. The average molecular weight is 292 g/mol. The maximum atomic E-state index is 5.41. The van der Waals surface area contributed by atoms with Crippen molar-refractivity contribution in [3.05, 3.63) is 29.3 Å². The van der Waals surface area contributed by atoms with Crippen molar-refractivity contribution in [2.75, 3.05) is 40.8 Å². The van der Waals surface area contributed by atoms with Gasteiger partial charge in [0.25, 0.3) is 0 Å². The maximum Gasteiger partial charge on any atom is 0.191 e. The summed E-state index contributed by atoms with van der Waals surface area (Å²) in [7, 11) is 5.59. The van der Waals surface area contributed by atoms with Crippen LogP contribution in [-0.4, -0.2) is 51.7 Å². The van der Waals surface area contributed by atoms with Gasteiger partial charge in [0.2, 0.25) is 0 Å². The quantitative estimate of drug-likeness (QED) is 0.592. The van der Waals surface area contributed by atoms with Gasteiger partial charge in [0.15, 0.2) is 5.96 Å². The molecule has 2 N–H and O–H groups in total. The van der Waals surface area contributed by atoms with Crippen molar-refractivity contribution in [3.63, 3.8) is 0 Å². The minimum atomic E-state index is 0.687. The predicted octanol–water partition coefficient (Wildman–Crippen LogP) is 1.62. The third-order valence-corrected chi connectivity index (χ3v) is 3.44. The first-order valence-corrected chi connectivity index (χ1v) is 7.37. The van der Waals surface area contributed by atoms with Gasteiger partial charge in [-0.25, -0.2) is 0 Å². The number of aliphatic imine (C=N–C) groups is 1. The number of hydrogen-bond acceptors (Lipinski definition) is 3. The number of aryl methyl sites for hydroxylation is 1. The Bertz CT molecular complexity index is 460. The summed E-state index contributed by atoms with van der Waals surface area (Å²) < 4.78 is 5.41. The van der Waals surface area contributed by atoms with Gasteiger partial charge in [-0.15, -0.1) is 0 Å². The second-order valence-electron chi connectivity index (χ2n) is 5.06. The molecule has 21 heavy (non-hydrogen) atoms. The molecule has 1 aromatic carbocycles. The highest BCUT2D eigenvalue weighted by Gasteiger charge is 2.04. The van der Waals surface area contributed by atoms with Crippen LogP contribution in [0.25, 0.3) is 0 Å². The van der Waals surface area contributed by atoms with Gasteiger partial charge in [-0.3, -0.25) is 4.99 Å². The van der Waals surface area contributed by atoms with Gasteiger partial charge in [0.1, 0.15) is 5.75 Å². The van der Waals surface area contributed by atoms with E-state index in [2.05, 4.69) is 53.6 Å². The van der Waals surface area contributed by atoms with Gasteiger partial charge in [0, 0.05) is 32.2 Å². The Kier molecular flexibility index (Phi) is 7.61. The topological polar surface area (TPSA) is 48.9 Å². The number of hydrogen-bond donors (Lipinski definition) is 2. The zero-order valence-corrected chi connectivity index (χ0v) is 13.9. The maximum absolute atomic E-state index is 5.41. The van der Waals surface area contributed by atoms with Crippen LogP contribution in [0, 0.1) is 6.92 Å². The van der Waals surface area contributed by atoms with Crippen LogP contribution in [0.3, 0.4) is 0 Å². The van der Waals surface area contributed by atoms with E-state index in [1.807, 2.05) is 6.07 Å². The van der Waals surface area contributed by atoms with E-state index in [0.29, 0.717) is 6.54 Å². The molecule has 0 aliphatic heterocycles. The largest absolute Gasteiger partial charge is 0.496 e. The smallest absolute Gasteiger partial charge is 0.191 e. The fourth-order valence-corrected chi connectivity index (χ4v) is 1.92. The van der Waals surface area contributed by atoms with Crippen molar-refractivity contribution in [2.45, 2.75) is 20.4 Å². The molecule has 118 valence electrons. The van der Waals surface area contributed by atoms with Gasteiger partial charge < -0.3 is 20.3 Å². The summed E-state index contributed by atoms with van der Waals surface area (Å²) in [5, 5.41) is 6.62. The van der Waals surface area contributed by atoms with E-state index in [0.717, 1.165) is 36.9 Å². The molecule has 1 rings (SSSR count). The highest BCUT2D eigenvalue weighted by Crippen LogP contribution is 2.19. The lowest BCUT2D eigenvalue weighted by molar-refractivity contribution is 0.357. The molecule has 0 unspecified atom stereocenters. The summed E-state index contributed by atoms with van der Waals surface area (Å²) in [4.78, 5) is 6.49. The lowest BCUT2D eigenvalue weighted by Crippen LogP contribution is -2.40. The van der Waals surface area contributed by atoms with Gasteiger partial charge in [-0.2, -0.15) is 0 Å². The molecule has 0 aliphatic rings. The molecule has 5 heteroatoms. The highest BCUT2D eigenvalue weighted by atomic mass is 16.5. The summed E-state index contributed by atoms with van der Waals surface area (Å²) in [6, 6.07) is 6.22. The third-order valence-electron chi connectivity index (χ3n) is 3.44. The lowest BCUT2D eigenvalue weighted by Gasteiger charge is -2.17. The SMILES string of the molecule is CCN(C)CCNC(=NC)NCc1ccc(C)cc1OC. The fourth-order valence-electron chi connectivity index (χ4n) is 1.92. The predicted molar refractivity (Wildman–Crippen MR) is 89.1 cm³/mol. The molecule has 0 saturated heterocycles. The molecule has 0 heterocycles. The van der Waals surface area contributed by atoms with Crippen molar-refractivity contribution in [1.82, 2.24) is 15.5 Å². The van der Waals surface area contributed by atoms with Crippen LogP contribution in [0.2, 0.25) is 0 Å². The summed E-state index contributed by atoms with van der Waals surface area (Å²) in [6.45, 7) is 7.81. The second kappa shape index (κ2) is 9.23. The van der Waals surface area contributed by atoms with Crippen LogP contribution < -0.4 is 15.4 Å². The van der Waals surface area contributed by atoms with E-state index < -0.39 is 0 Å². The van der Waals surface area contributed by atoms with Crippen LogP contribution >= 0.6 is 0 Å². The second-order valence-corrected chi connectivity index (χ2v) is 5.06. The number of methoxy groups -OCH3 is 1. The molecule has 0 amide bonds. The first kappa shape index (κ1) is 17.3. The molecule has 1 aromatic rings. The fraction of sp³-hybridized carbons (Fsp3) is 0.562. The Morgan fingerprint density at radius 1 is 1.33 bits per heavy atom. The first-order valence-electron chi connectivity index (χ1n) is 7.37. The Hall–Kier alpha value is -1.75. The average Bonchev–Trinajstić information content (AvgIpc) is 2.51. The number of guanidine groups is 1. The number of nitrogens with zero attached hydrogens (tertiary/aromatic N) is 2. The molecule has 5 nitrogen and oxygen atoms in total. The van der Waals surface area contributed by atoms with Gasteiger partial charge in [0.05, 0.1) is 7.11 Å². The van der Waals surface area contributed by atoms with Gasteiger partial charge in [-0.05, 0) is 32.1 Å². The van der Waals surface area contributed by atoms with E-state index in [9.17, 15) is 0 Å². The monoisotopic (exact) mass is 292 g/mol. The van der Waals surface area contributed by atoms with Crippen molar-refractivity contribution < 1.29 is 4.74 Å². The summed E-state index contributed by atoms with van der Waals surface area (Å²) in [5.74, 6) is 1.71. The van der Waals surface area contributed by atoms with Crippen molar-refractivity contribution in [3.8, 4) is 5.75 Å². The molecular weight excluding hydrogens is 264 g/mol. The minimum Gasteiger partial charge on any atom is -0.496 e. The van der Waals surface area contributed by atoms with Crippen molar-refractivity contribution >= 4 is 5.96 Å². The van der Waals surface area contributed by atoms with E-state index in [-0.39, 0.29) is 0 Å². The van der Waals surface area contributed by atoms with Crippen molar-refractivity contribution in [1.29, 1.82) is 0 Å². The summed E-state index contributed by atoms with van der Waals surface area (Å²) in [6.07, 6.45) is 0. The van der Waals surface area contributed by atoms with E-state index >= 15 is 0 Å². The van der Waals surface area contributed by atoms with E-state index in [1.54, 1.807) is 14.2 Å². The Morgan fingerprint density at radius 3 is 2.71 bits per heavy atom. The molecule has 0 spiro atoms. The van der Waals surface area contributed by atoms with Crippen LogP contribution in [0.15, 0.2) is 23.2 Å². The molecule has 0 saturated carbocycles. The molecule has 0 aromatic heterocycles. The van der Waals surface area contributed by atoms with Gasteiger partial charge >= 0.3 is 0 Å². The first-order chi connectivity index (χ1) is 10.1. The Labute approximate surface area is 128 Å². The standard InChI is InChI=1S/C16H28N4O/c1-6-20(4)10-9-18-16(17-3)19-12-14-8-7-13(2)11-15(14)21-5/h7-8,11H,6,9-10,12H2,1-5H3,(H2,17,18,19). The number of ether oxygens (including phenoxy) is 1. The minimum absolute atomic E-state index is 0.687. The normalized spacial score (nSPS) is 11.6. The molecule has 0 atom stereocenters. The lowest BCUT2D eigenvalue weighted by atomic mass is 10.1. The van der Waals surface area contributed by atoms with Crippen LogP contribution in [0.1, 0.15) is 18.1 Å². The summed E-state index contributed by atoms with van der Waals surface area (Å²) in [5.41, 5.74) is 2.32. The number of nitrogens with one attached hydrogen (secondary N) is 2. The number of benzene rings is 1. The zero-order valence-electron chi connectivity index (χ0n) is 13.9. The van der Waals surface area contributed by atoms with Crippen LogP contribution in [0.5, 0.6) is 5.75 Å². The van der Waals surface area contributed by atoms with E-state index in [4.69, 9.17) is 4.74 Å². The molecule has 0 fully saturated rings. The van der Waals surface area contributed by atoms with Crippen LogP contribution in [-0.2, 0) is 6.54 Å². The number of rotatable bonds is 7. The third kappa shape index (κ3) is 6.04. The van der Waals surface area contributed by atoms with Crippen molar-refractivity contribution in [2.24, 2.45) is 4.99 Å². The highest BCUT2D eigenvalue weighted by molar-refractivity contribution is 5.79. The molecule has 0 bridgehead atoms. The zero-order chi connectivity index (χ0) is 15.7. The molecule has 0 radical (unpaired) electrons. The van der Waals surface area contributed by atoms with Crippen LogP contribution in [0.4, 0.5) is 0 Å². The Balaban J connectivity index is 2.48. The van der Waals surface area contributed by atoms with Gasteiger partial charge in [-0.1, -0.05) is 19.1 Å². The van der Waals surface area contributed by atoms with E-state index in [1.165, 1.54) is 5.56 Å². The molecule has 0 aliphatic carbocycles. The summed E-state index contributed by atoms with van der Waals surface area (Å²) >= 11 is 0.